The third-order valence-corrected chi connectivity index (χ3v) is 1.72. The number of aliphatic hydroxyl groups is 1. The molecule has 0 aliphatic heterocycles. The van der Waals surface area contributed by atoms with E-state index in [0.717, 1.165) is 5.69 Å². The highest BCUT2D eigenvalue weighted by Gasteiger charge is 2.04. The lowest BCUT2D eigenvalue weighted by Gasteiger charge is -2.08. The quantitative estimate of drug-likeness (QED) is 0.745. The monoisotopic (exact) mass is 196 g/mol. The number of rotatable bonds is 4. The van der Waals surface area contributed by atoms with Crippen LogP contribution in [0.4, 0.5) is 5.95 Å². The van der Waals surface area contributed by atoms with Gasteiger partial charge in [-0.15, -0.1) is 5.10 Å². The Morgan fingerprint density at radius 2 is 2.14 bits per heavy atom. The summed E-state index contributed by atoms with van der Waals surface area (Å²) in [6.07, 6.45) is 1.24. The topological polar surface area (TPSA) is 70.9 Å². The highest BCUT2D eigenvalue weighted by molar-refractivity contribution is 5.23. The van der Waals surface area contributed by atoms with Crippen molar-refractivity contribution in [1.82, 2.24) is 15.2 Å². The second-order valence-electron chi connectivity index (χ2n) is 3.59. The summed E-state index contributed by atoms with van der Waals surface area (Å²) in [5.41, 5.74) is 0.896. The van der Waals surface area contributed by atoms with Crippen molar-refractivity contribution < 1.29 is 5.11 Å². The van der Waals surface area contributed by atoms with Gasteiger partial charge < -0.3 is 10.4 Å². The van der Waals surface area contributed by atoms with E-state index in [2.05, 4.69) is 20.5 Å². The van der Waals surface area contributed by atoms with Gasteiger partial charge in [-0.2, -0.15) is 5.10 Å². The molecule has 0 unspecified atom stereocenters. The van der Waals surface area contributed by atoms with Crippen molar-refractivity contribution in [2.45, 2.75) is 32.8 Å². The minimum atomic E-state index is -0.415. The first-order valence-corrected chi connectivity index (χ1v) is 4.71. The van der Waals surface area contributed by atoms with E-state index in [0.29, 0.717) is 18.4 Å². The minimum Gasteiger partial charge on any atom is -0.392 e. The van der Waals surface area contributed by atoms with Gasteiger partial charge in [0.05, 0.1) is 18.0 Å². The first-order valence-electron chi connectivity index (χ1n) is 4.71. The van der Waals surface area contributed by atoms with Crippen molar-refractivity contribution in [1.29, 1.82) is 0 Å². The molecule has 5 heteroatoms. The number of aliphatic hydroxyl groups excluding tert-OH is 1. The molecule has 14 heavy (non-hydrogen) atoms. The molecule has 0 aliphatic carbocycles. The van der Waals surface area contributed by atoms with Gasteiger partial charge in [0.2, 0.25) is 5.95 Å². The average molecular weight is 196 g/mol. The molecule has 1 heterocycles. The average Bonchev–Trinajstić information content (AvgIpc) is 2.15. The molecule has 0 saturated heterocycles. The molecule has 0 saturated carbocycles. The van der Waals surface area contributed by atoms with E-state index in [9.17, 15) is 0 Å². The number of nitrogens with one attached hydrogen (secondary N) is 1. The lowest BCUT2D eigenvalue weighted by molar-refractivity contribution is 0.208. The Balaban J connectivity index is 2.64. The standard InChI is InChI=1S/C9H16N4O/c1-6(2)8-5-11-13-9(12-8)10-4-7(3)14/h5-7,14H,4H2,1-3H3,(H,10,12,13)/t7-/m1/s1. The Kier molecular flexibility index (Phi) is 3.76. The lowest BCUT2D eigenvalue weighted by atomic mass is 10.1. The molecule has 0 amide bonds. The fraction of sp³-hybridized carbons (Fsp3) is 0.667. The predicted octanol–water partition coefficient (Wildman–Crippen LogP) is 0.788. The Morgan fingerprint density at radius 1 is 1.43 bits per heavy atom. The smallest absolute Gasteiger partial charge is 0.243 e. The van der Waals surface area contributed by atoms with E-state index in [1.165, 1.54) is 0 Å². The Morgan fingerprint density at radius 3 is 2.71 bits per heavy atom. The zero-order valence-electron chi connectivity index (χ0n) is 8.73. The summed E-state index contributed by atoms with van der Waals surface area (Å²) in [6, 6.07) is 0. The van der Waals surface area contributed by atoms with Crippen LogP contribution in [-0.4, -0.2) is 32.9 Å². The van der Waals surface area contributed by atoms with Gasteiger partial charge in [0.1, 0.15) is 0 Å². The third-order valence-electron chi connectivity index (χ3n) is 1.72. The fourth-order valence-corrected chi connectivity index (χ4v) is 0.908. The maximum Gasteiger partial charge on any atom is 0.243 e. The van der Waals surface area contributed by atoms with E-state index in [4.69, 9.17) is 5.11 Å². The normalized spacial score (nSPS) is 12.9. The van der Waals surface area contributed by atoms with Crippen LogP contribution in [0.5, 0.6) is 0 Å². The summed E-state index contributed by atoms with van der Waals surface area (Å²) < 4.78 is 0. The summed E-state index contributed by atoms with van der Waals surface area (Å²) in [6.45, 7) is 6.22. The third kappa shape index (κ3) is 3.26. The molecule has 0 aromatic carbocycles. The van der Waals surface area contributed by atoms with Crippen molar-refractivity contribution in [3.8, 4) is 0 Å². The van der Waals surface area contributed by atoms with Crippen LogP contribution in [0.1, 0.15) is 32.4 Å². The number of aromatic nitrogens is 3. The van der Waals surface area contributed by atoms with Crippen molar-refractivity contribution in [3.63, 3.8) is 0 Å². The number of hydrogen-bond donors (Lipinski definition) is 2. The van der Waals surface area contributed by atoms with Crippen LogP contribution in [-0.2, 0) is 0 Å². The molecule has 0 bridgehead atoms. The van der Waals surface area contributed by atoms with Gasteiger partial charge in [0, 0.05) is 6.54 Å². The van der Waals surface area contributed by atoms with E-state index < -0.39 is 6.10 Å². The molecule has 0 radical (unpaired) electrons. The van der Waals surface area contributed by atoms with Crippen molar-refractivity contribution in [3.05, 3.63) is 11.9 Å². The van der Waals surface area contributed by atoms with Crippen LogP contribution in [0.15, 0.2) is 6.20 Å². The zero-order valence-corrected chi connectivity index (χ0v) is 8.73. The first kappa shape index (κ1) is 10.8. The molecular formula is C9H16N4O. The Hall–Kier alpha value is -1.23. The number of nitrogens with zero attached hydrogens (tertiary/aromatic N) is 3. The molecule has 0 aliphatic rings. The van der Waals surface area contributed by atoms with Crippen LogP contribution in [0, 0.1) is 0 Å². The zero-order chi connectivity index (χ0) is 10.6. The molecule has 0 spiro atoms. The van der Waals surface area contributed by atoms with Crippen LogP contribution in [0.3, 0.4) is 0 Å². The molecule has 1 atom stereocenters. The van der Waals surface area contributed by atoms with Crippen LogP contribution < -0.4 is 5.32 Å². The Bertz CT molecular complexity index is 288. The van der Waals surface area contributed by atoms with Crippen molar-refractivity contribution in [2.75, 3.05) is 11.9 Å². The van der Waals surface area contributed by atoms with E-state index in [-0.39, 0.29) is 0 Å². The van der Waals surface area contributed by atoms with Crippen molar-refractivity contribution in [2.24, 2.45) is 0 Å². The van der Waals surface area contributed by atoms with Gasteiger partial charge in [-0.3, -0.25) is 0 Å². The number of hydrogen-bond acceptors (Lipinski definition) is 5. The van der Waals surface area contributed by atoms with Gasteiger partial charge in [-0.1, -0.05) is 13.8 Å². The molecule has 78 valence electrons. The largest absolute Gasteiger partial charge is 0.392 e. The second kappa shape index (κ2) is 4.85. The summed E-state index contributed by atoms with van der Waals surface area (Å²) in [7, 11) is 0. The van der Waals surface area contributed by atoms with Gasteiger partial charge in [-0.05, 0) is 12.8 Å². The summed E-state index contributed by atoms with van der Waals surface area (Å²) in [4.78, 5) is 4.25. The highest BCUT2D eigenvalue weighted by atomic mass is 16.3. The summed E-state index contributed by atoms with van der Waals surface area (Å²) in [5, 5.41) is 19.6. The van der Waals surface area contributed by atoms with Crippen LogP contribution >= 0.6 is 0 Å². The molecule has 0 fully saturated rings. The maximum atomic E-state index is 9.05. The molecular weight excluding hydrogens is 180 g/mol. The van der Waals surface area contributed by atoms with Crippen molar-refractivity contribution >= 4 is 5.95 Å². The molecule has 1 aromatic heterocycles. The Labute approximate surface area is 83.6 Å². The van der Waals surface area contributed by atoms with Gasteiger partial charge in [0.25, 0.3) is 0 Å². The van der Waals surface area contributed by atoms with Crippen LogP contribution in [0.25, 0.3) is 0 Å². The van der Waals surface area contributed by atoms with E-state index in [1.54, 1.807) is 13.1 Å². The molecule has 5 nitrogen and oxygen atoms in total. The first-order chi connectivity index (χ1) is 6.59. The fourth-order valence-electron chi connectivity index (χ4n) is 0.908. The predicted molar refractivity (Wildman–Crippen MR) is 54.1 cm³/mol. The summed E-state index contributed by atoms with van der Waals surface area (Å²) in [5.74, 6) is 0.801. The number of anilines is 1. The van der Waals surface area contributed by atoms with Gasteiger partial charge >= 0.3 is 0 Å². The highest BCUT2D eigenvalue weighted by Crippen LogP contribution is 2.10. The van der Waals surface area contributed by atoms with Gasteiger partial charge in [0.15, 0.2) is 0 Å². The second-order valence-corrected chi connectivity index (χ2v) is 3.59. The van der Waals surface area contributed by atoms with E-state index in [1.807, 2.05) is 13.8 Å². The lowest BCUT2D eigenvalue weighted by Crippen LogP contribution is -2.17. The molecule has 1 rings (SSSR count). The van der Waals surface area contributed by atoms with Crippen LogP contribution in [0.2, 0.25) is 0 Å². The van der Waals surface area contributed by atoms with Gasteiger partial charge in [-0.25, -0.2) is 4.98 Å². The van der Waals surface area contributed by atoms with E-state index >= 15 is 0 Å². The SMILES string of the molecule is CC(C)c1cnnc(NC[C@@H](C)O)n1. The summed E-state index contributed by atoms with van der Waals surface area (Å²) >= 11 is 0. The minimum absolute atomic E-state index is 0.331. The molecule has 1 aromatic rings. The maximum absolute atomic E-state index is 9.05. The molecule has 2 N–H and O–H groups in total.